The van der Waals surface area contributed by atoms with Gasteiger partial charge in [0.15, 0.2) is 0 Å². The Balaban J connectivity index is 0.000000144. The first-order chi connectivity index (χ1) is 51.5. The summed E-state index contributed by atoms with van der Waals surface area (Å²) in [7, 11) is 2.11. The van der Waals surface area contributed by atoms with E-state index in [9.17, 15) is 34.6 Å². The molecule has 0 saturated carbocycles. The minimum absolute atomic E-state index is 0.0740. The van der Waals surface area contributed by atoms with E-state index in [1.54, 1.807) is 0 Å². The maximum Gasteiger partial charge on any atom is 0.513 e. The molecule has 15 rings (SSSR count). The number of aliphatic hydroxyl groups excluding tert-OH is 1. The number of carbonyl (C=O) groups is 3. The Morgan fingerprint density at radius 1 is 0.575 bits per heavy atom. The van der Waals surface area contributed by atoms with E-state index in [4.69, 9.17) is 74.6 Å². The second-order valence-corrected chi connectivity index (χ2v) is 25.8. The van der Waals surface area contributed by atoms with Gasteiger partial charge < -0.3 is 70.3 Å². The third kappa shape index (κ3) is 22.1. The molecule has 0 atom stereocenters. The number of nitrogens with one attached hydrogen (secondary N) is 6. The lowest BCUT2D eigenvalue weighted by Crippen LogP contribution is -2.32. The Hall–Kier alpha value is -10.9. The van der Waals surface area contributed by atoms with E-state index in [1.165, 1.54) is 89.1 Å². The number of nitro groups is 2. The number of morpholine rings is 1. The number of aryl methyl sites for hydroxylation is 2. The molecule has 25 nitrogen and oxygen atoms in total. The summed E-state index contributed by atoms with van der Waals surface area (Å²) >= 11 is 17.1. The highest BCUT2D eigenvalue weighted by Crippen LogP contribution is 2.36. The van der Waals surface area contributed by atoms with Crippen LogP contribution in [0.3, 0.4) is 0 Å². The molecule has 552 valence electrons. The van der Waals surface area contributed by atoms with Crippen molar-refractivity contribution < 1.29 is 53.0 Å². The van der Waals surface area contributed by atoms with Crippen molar-refractivity contribution in [3.8, 4) is 11.5 Å². The van der Waals surface area contributed by atoms with Crippen LogP contribution in [0, 0.1) is 20.2 Å². The summed E-state index contributed by atoms with van der Waals surface area (Å²) in [6, 6.07) is 45.9. The summed E-state index contributed by atoms with van der Waals surface area (Å²) in [4.78, 5) is 75.2. The summed E-state index contributed by atoms with van der Waals surface area (Å²) in [6.45, 7) is 5.44. The number of rotatable bonds is 17. The quantitative estimate of drug-likeness (QED) is 0.0105. The summed E-state index contributed by atoms with van der Waals surface area (Å²) in [6.07, 6.45) is 15.3. The van der Waals surface area contributed by atoms with Crippen molar-refractivity contribution in [2.24, 2.45) is 5.73 Å². The highest BCUT2D eigenvalue weighted by molar-refractivity contribution is 6.61. The number of anilines is 2. The van der Waals surface area contributed by atoms with Gasteiger partial charge in [-0.05, 0) is 172 Å². The fourth-order valence-electron chi connectivity index (χ4n) is 12.3. The molecule has 2 aliphatic carbocycles. The average Bonchev–Trinajstić information content (AvgIpc) is 1.18. The van der Waals surface area contributed by atoms with Gasteiger partial charge in [-0.25, -0.2) is 14.4 Å². The third-order valence-electron chi connectivity index (χ3n) is 17.6. The molecule has 1 saturated heterocycles. The van der Waals surface area contributed by atoms with E-state index in [-0.39, 0.29) is 42.8 Å². The molecular weight excluding hydrogens is 1420 g/mol. The first-order valence-corrected chi connectivity index (χ1v) is 35.7. The van der Waals surface area contributed by atoms with E-state index in [0.717, 1.165) is 154 Å². The van der Waals surface area contributed by atoms with Crippen molar-refractivity contribution >= 4 is 130 Å². The van der Waals surface area contributed by atoms with Crippen LogP contribution in [0.4, 0.5) is 37.1 Å². The standard InChI is InChI=1S/C25H25ClN4O2.C17H14N2O5.C14H16ClN3.C10H11NO.C7H4ClNO4.C5H11NO/c26-17-9-10-20-23(13-17)30-22-8-4-2-6-19(22)24(20)28-15-29-25(31)32-12-11-16-14-27-21-7-3-1-5-18(16)21;20-17(24-14-7-5-13(6-8-14)19(21)22)23-10-9-12-11-18-16-4-2-1-3-15(12)16;15-9-5-6-11-13(7-9)18-12-4-2-1-3-10(12)14(11)17-8-16;12-6-5-8-7-11-10-4-2-1-3-9(8)10;8-7(10)13-6-3-1-5(2-4-6)9(11)12;1-6-2-4-7-5-3-6/h1,3,5,7,9-10,13-14,27H,2,4,6,8,11-12,15H2,(H,28,30)(H,29,31);1-8,11,18H,9-10H2;5-7H,1-4,8,16H2,(H,17,18);1-4,7,11-12H,5-6H2;1-4H;2-5H2,1H3. The van der Waals surface area contributed by atoms with Crippen LogP contribution in [0.15, 0.2) is 176 Å². The number of pyridine rings is 2. The van der Waals surface area contributed by atoms with E-state index in [1.807, 2.05) is 116 Å². The number of nitrogens with two attached hydrogens (primary N) is 1. The monoisotopic (exact) mass is 1500 g/mol. The van der Waals surface area contributed by atoms with Gasteiger partial charge in [-0.3, -0.25) is 30.2 Å². The van der Waals surface area contributed by atoms with Crippen LogP contribution in [-0.4, -0.2) is 129 Å². The normalized spacial score (nSPS) is 12.8. The second-order valence-electron chi connectivity index (χ2n) is 24.6. The number of hydrogen-bond donors (Lipinski definition) is 8. The van der Waals surface area contributed by atoms with Crippen molar-refractivity contribution in [3.63, 3.8) is 0 Å². The van der Waals surface area contributed by atoms with Crippen LogP contribution < -0.4 is 31.2 Å². The lowest BCUT2D eigenvalue weighted by molar-refractivity contribution is -0.385. The van der Waals surface area contributed by atoms with Crippen LogP contribution in [-0.2, 0) is 59.2 Å². The van der Waals surface area contributed by atoms with Crippen LogP contribution >= 0.6 is 34.8 Å². The Morgan fingerprint density at radius 3 is 1.44 bits per heavy atom. The Bertz CT molecular complexity index is 4950. The molecule has 3 aliphatic rings. The van der Waals surface area contributed by atoms with Gasteiger partial charge in [0.2, 0.25) is 0 Å². The number of ether oxygens (including phenoxy) is 5. The molecule has 1 fully saturated rings. The van der Waals surface area contributed by atoms with Gasteiger partial charge in [0.25, 0.3) is 11.4 Å². The van der Waals surface area contributed by atoms with Crippen molar-refractivity contribution in [2.45, 2.75) is 70.6 Å². The Morgan fingerprint density at radius 2 is 1.01 bits per heavy atom. The number of hydrogen-bond acceptors (Lipinski definition) is 19. The molecule has 5 aromatic heterocycles. The van der Waals surface area contributed by atoms with Gasteiger partial charge in [0.05, 0.1) is 60.6 Å². The molecule has 0 radical (unpaired) electrons. The number of non-ortho nitro benzene ring substituents is 2. The highest BCUT2D eigenvalue weighted by atomic mass is 35.5. The fraction of sp³-hybridized carbons (Fsp3) is 0.269. The van der Waals surface area contributed by atoms with E-state index in [2.05, 4.69) is 59.7 Å². The molecule has 9 N–H and O–H groups in total. The zero-order valence-corrected chi connectivity index (χ0v) is 60.4. The number of aromatic amines is 3. The van der Waals surface area contributed by atoms with Crippen LogP contribution in [0.5, 0.6) is 11.5 Å². The summed E-state index contributed by atoms with van der Waals surface area (Å²) in [5.74, 6) is 0.364. The van der Waals surface area contributed by atoms with E-state index >= 15 is 0 Å². The SMILES string of the molecule is CN1CCOCC1.NCNc1c2c(nc3cc(Cl)ccc13)CCCC2.O=C(Cl)Oc1ccc([N+](=O)[O-])cc1.O=C(NCNc1c2c(nc3cc(Cl)ccc13)CCCC2)OCCc1c[nH]c2ccccc12.O=C(OCCc1c[nH]c2ccccc12)Oc1ccc([N+](=O)[O-])cc1.OCCc1c[nH]c2ccccc12. The lowest BCUT2D eigenvalue weighted by atomic mass is 9.93. The maximum absolute atomic E-state index is 12.2. The molecule has 12 aromatic rings. The maximum atomic E-state index is 12.2. The van der Waals surface area contributed by atoms with Gasteiger partial charge >= 0.3 is 17.7 Å². The molecule has 106 heavy (non-hydrogen) atoms. The lowest BCUT2D eigenvalue weighted by Gasteiger charge is -2.22. The number of aromatic nitrogens is 5. The van der Waals surface area contributed by atoms with Crippen molar-refractivity contribution in [2.75, 3.05) is 77.1 Å². The minimum atomic E-state index is -0.978. The molecule has 0 spiro atoms. The molecule has 0 unspecified atom stereocenters. The van der Waals surface area contributed by atoms with Gasteiger partial charge in [-0.1, -0.05) is 77.8 Å². The molecule has 0 bridgehead atoms. The minimum Gasteiger partial charge on any atom is -0.449 e. The van der Waals surface area contributed by atoms with Gasteiger partial charge in [-0.2, -0.15) is 0 Å². The van der Waals surface area contributed by atoms with Crippen LogP contribution in [0.1, 0.15) is 64.9 Å². The molecular formula is C78H81Cl3N12O13. The van der Waals surface area contributed by atoms with Crippen molar-refractivity contribution in [1.29, 1.82) is 0 Å². The Kier molecular flexibility index (Phi) is 28.8. The zero-order chi connectivity index (χ0) is 74.7. The van der Waals surface area contributed by atoms with E-state index < -0.39 is 27.5 Å². The fourth-order valence-corrected chi connectivity index (χ4v) is 12.8. The number of fused-ring (bicyclic) bond motifs is 7. The summed E-state index contributed by atoms with van der Waals surface area (Å²) in [5.41, 5.74) is 20.1. The largest absolute Gasteiger partial charge is 0.513 e. The summed E-state index contributed by atoms with van der Waals surface area (Å²) in [5, 5.41) is 46.0. The number of halogens is 3. The number of nitrogens with zero attached hydrogens (tertiary/aromatic N) is 5. The number of amides is 1. The predicted octanol–water partition coefficient (Wildman–Crippen LogP) is 16.5. The number of H-pyrrole nitrogens is 3. The number of likely N-dealkylation sites (N-methyl/N-ethyl adjacent to an activating group) is 1. The number of carbonyl (C=O) groups excluding carboxylic acids is 3. The second kappa shape index (κ2) is 39.3. The number of benzene rings is 7. The average molecular weight is 1500 g/mol. The smallest absolute Gasteiger partial charge is 0.449 e. The Labute approximate surface area is 625 Å². The van der Waals surface area contributed by atoms with Crippen molar-refractivity contribution in [1.82, 2.24) is 35.1 Å². The highest BCUT2D eigenvalue weighted by Gasteiger charge is 2.21. The van der Waals surface area contributed by atoms with Crippen molar-refractivity contribution in [3.05, 3.63) is 246 Å². The number of alkyl carbamates (subject to hydrolysis) is 1. The van der Waals surface area contributed by atoms with Crippen LogP contribution in [0.2, 0.25) is 10.0 Å². The van der Waals surface area contributed by atoms with Gasteiger partial charge in [0.1, 0.15) is 11.5 Å². The first kappa shape index (κ1) is 77.7. The third-order valence-corrected chi connectivity index (χ3v) is 18.1. The molecule has 6 heterocycles. The number of aliphatic hydroxyl groups is 1. The zero-order valence-electron chi connectivity index (χ0n) is 58.2. The molecule has 1 aliphatic heterocycles. The molecule has 7 aromatic carbocycles. The van der Waals surface area contributed by atoms with Gasteiger partial charge in [0, 0.05) is 163 Å². The summed E-state index contributed by atoms with van der Waals surface area (Å²) < 4.78 is 24.9. The number of nitro benzene ring substituents is 2. The first-order valence-electron chi connectivity index (χ1n) is 34.6. The predicted molar refractivity (Wildman–Crippen MR) is 414 cm³/mol. The van der Waals surface area contributed by atoms with E-state index in [0.29, 0.717) is 31.1 Å². The topological polar surface area (TPSA) is 342 Å². The van der Waals surface area contributed by atoms with Gasteiger partial charge in [-0.15, -0.1) is 0 Å². The molecule has 1 amide bonds. The molecule has 28 heteroatoms. The van der Waals surface area contributed by atoms with Crippen LogP contribution in [0.25, 0.3) is 54.5 Å². The number of para-hydroxylation sites is 3.